The van der Waals surface area contributed by atoms with Crippen LogP contribution in [0.1, 0.15) is 78.3 Å². The van der Waals surface area contributed by atoms with E-state index in [-0.39, 0.29) is 36.8 Å². The number of piperidine rings is 1. The monoisotopic (exact) mass is 630 g/mol. The fraction of sp³-hybridized carbons (Fsp3) is 0.529. The molecule has 1 aromatic carbocycles. The number of aliphatic hydroxyl groups is 1. The van der Waals surface area contributed by atoms with Crippen molar-refractivity contribution in [3.05, 3.63) is 54.4 Å². The SMILES string of the molecule is C[C@H]1CCCCN1c1nnc2ccc(OC3CCC(NC(=O)Nc4cc(C(C)(C)C)nn4-c4cccc(OCCO)c4)CC3)cn12. The molecule has 1 atom stereocenters. The number of hydrogen-bond donors (Lipinski definition) is 3. The molecule has 1 aliphatic heterocycles. The summed E-state index contributed by atoms with van der Waals surface area (Å²) in [6, 6.07) is 13.5. The van der Waals surface area contributed by atoms with E-state index < -0.39 is 0 Å². The van der Waals surface area contributed by atoms with Crippen LogP contribution in [0.4, 0.5) is 16.6 Å². The van der Waals surface area contributed by atoms with Gasteiger partial charge in [0.05, 0.1) is 30.3 Å². The molecular weight excluding hydrogens is 584 g/mol. The smallest absolute Gasteiger partial charge is 0.320 e. The summed E-state index contributed by atoms with van der Waals surface area (Å²) in [5.41, 5.74) is 2.21. The molecule has 2 aliphatic rings. The van der Waals surface area contributed by atoms with Crippen molar-refractivity contribution in [2.75, 3.05) is 30.0 Å². The average molecular weight is 631 g/mol. The van der Waals surface area contributed by atoms with Gasteiger partial charge in [0.15, 0.2) is 5.65 Å². The van der Waals surface area contributed by atoms with Gasteiger partial charge in [-0.15, -0.1) is 10.2 Å². The van der Waals surface area contributed by atoms with Gasteiger partial charge in [0.1, 0.15) is 23.9 Å². The first-order valence-corrected chi connectivity index (χ1v) is 16.5. The van der Waals surface area contributed by atoms with Crippen molar-refractivity contribution in [1.82, 2.24) is 29.7 Å². The van der Waals surface area contributed by atoms with Crippen LogP contribution in [0.15, 0.2) is 48.7 Å². The number of carbonyl (C=O) groups is 1. The number of rotatable bonds is 9. The molecule has 0 radical (unpaired) electrons. The third kappa shape index (κ3) is 7.22. The van der Waals surface area contributed by atoms with Crippen molar-refractivity contribution in [2.45, 2.75) is 96.2 Å². The molecule has 0 unspecified atom stereocenters. The Morgan fingerprint density at radius 2 is 1.85 bits per heavy atom. The highest BCUT2D eigenvalue weighted by Gasteiger charge is 2.27. The molecule has 12 nitrogen and oxygen atoms in total. The second-order valence-corrected chi connectivity index (χ2v) is 13.5. The number of carbonyl (C=O) groups excluding carboxylic acids is 1. The minimum absolute atomic E-state index is 0.0426. The van der Waals surface area contributed by atoms with Crippen molar-refractivity contribution in [1.29, 1.82) is 0 Å². The Labute approximate surface area is 270 Å². The zero-order valence-corrected chi connectivity index (χ0v) is 27.3. The molecule has 4 aromatic rings. The summed E-state index contributed by atoms with van der Waals surface area (Å²) in [4.78, 5) is 15.6. The predicted molar refractivity (Wildman–Crippen MR) is 177 cm³/mol. The van der Waals surface area contributed by atoms with Crippen LogP contribution in [0, 0.1) is 0 Å². The maximum absolute atomic E-state index is 13.2. The summed E-state index contributed by atoms with van der Waals surface area (Å²) in [6.45, 7) is 9.63. The number of nitrogens with one attached hydrogen (secondary N) is 2. The fourth-order valence-electron chi connectivity index (χ4n) is 6.28. The summed E-state index contributed by atoms with van der Waals surface area (Å²) in [7, 11) is 0. The molecule has 246 valence electrons. The zero-order valence-electron chi connectivity index (χ0n) is 27.3. The molecular formula is C34H46N8O4. The van der Waals surface area contributed by atoms with Gasteiger partial charge in [-0.1, -0.05) is 26.8 Å². The lowest BCUT2D eigenvalue weighted by molar-refractivity contribution is 0.140. The van der Waals surface area contributed by atoms with E-state index in [1.807, 2.05) is 53.1 Å². The number of amides is 2. The molecule has 46 heavy (non-hydrogen) atoms. The third-order valence-electron chi connectivity index (χ3n) is 8.87. The molecule has 1 saturated heterocycles. The number of hydrogen-bond acceptors (Lipinski definition) is 8. The Morgan fingerprint density at radius 1 is 1.02 bits per heavy atom. The van der Waals surface area contributed by atoms with Crippen LogP contribution in [-0.2, 0) is 5.41 Å². The van der Waals surface area contributed by atoms with Crippen LogP contribution in [-0.4, -0.2) is 73.5 Å². The van der Waals surface area contributed by atoms with Gasteiger partial charge in [-0.2, -0.15) is 5.10 Å². The van der Waals surface area contributed by atoms with Gasteiger partial charge in [-0.3, -0.25) is 9.72 Å². The highest BCUT2D eigenvalue weighted by atomic mass is 16.5. The van der Waals surface area contributed by atoms with Crippen LogP contribution in [0.25, 0.3) is 11.3 Å². The third-order valence-corrected chi connectivity index (χ3v) is 8.87. The van der Waals surface area contributed by atoms with Crippen LogP contribution in [0.2, 0.25) is 0 Å². The second kappa shape index (κ2) is 13.6. The number of fused-ring (bicyclic) bond motifs is 1. The van der Waals surface area contributed by atoms with Gasteiger partial charge in [0.2, 0.25) is 5.95 Å². The van der Waals surface area contributed by atoms with Crippen LogP contribution in [0.3, 0.4) is 0 Å². The summed E-state index contributed by atoms with van der Waals surface area (Å²) in [5.74, 6) is 2.88. The molecule has 0 bridgehead atoms. The van der Waals surface area contributed by atoms with E-state index in [0.717, 1.165) is 67.4 Å². The summed E-state index contributed by atoms with van der Waals surface area (Å²) in [5, 5.41) is 29.0. The van der Waals surface area contributed by atoms with Crippen molar-refractivity contribution in [2.24, 2.45) is 0 Å². The first-order chi connectivity index (χ1) is 22.2. The highest BCUT2D eigenvalue weighted by molar-refractivity contribution is 5.89. The van der Waals surface area contributed by atoms with Crippen LogP contribution >= 0.6 is 0 Å². The van der Waals surface area contributed by atoms with E-state index in [2.05, 4.69) is 53.4 Å². The van der Waals surface area contributed by atoms with E-state index in [9.17, 15) is 4.79 Å². The van der Waals surface area contributed by atoms with Gasteiger partial charge in [0.25, 0.3) is 0 Å². The largest absolute Gasteiger partial charge is 0.491 e. The second-order valence-electron chi connectivity index (χ2n) is 13.5. The quantitative estimate of drug-likeness (QED) is 0.222. The zero-order chi connectivity index (χ0) is 32.3. The molecule has 2 amide bonds. The first kappa shape index (κ1) is 31.7. The standard InChI is InChI=1S/C34H46N8O4/c1-23-8-5-6-17-40(23)33-38-37-30-16-15-28(22-41(30)33)46-26-13-11-24(12-14-26)35-32(44)36-31-21-29(34(2,3)4)39-42(31)25-9-7-10-27(20-25)45-19-18-43/h7,9-10,15-16,20-24,26,43H,5-6,8,11-14,17-19H2,1-4H3,(H2,35,36,44)/t23-,24?,26?/m0/s1. The Hall–Kier alpha value is -4.32. The molecule has 0 spiro atoms. The van der Waals surface area contributed by atoms with Crippen LogP contribution < -0.4 is 25.0 Å². The lowest BCUT2D eigenvalue weighted by Gasteiger charge is -2.33. The Bertz CT molecular complexity index is 1640. The molecule has 12 heteroatoms. The number of benzene rings is 1. The van der Waals surface area contributed by atoms with E-state index in [1.54, 1.807) is 4.68 Å². The van der Waals surface area contributed by atoms with Crippen molar-refractivity contribution in [3.8, 4) is 17.2 Å². The molecule has 3 N–H and O–H groups in total. The highest BCUT2D eigenvalue weighted by Crippen LogP contribution is 2.30. The van der Waals surface area contributed by atoms with Gasteiger partial charge < -0.3 is 24.8 Å². The van der Waals surface area contributed by atoms with Crippen molar-refractivity contribution in [3.63, 3.8) is 0 Å². The Kier molecular flexibility index (Phi) is 9.34. The predicted octanol–water partition coefficient (Wildman–Crippen LogP) is 5.47. The van der Waals surface area contributed by atoms with Gasteiger partial charge in [-0.05, 0) is 76.1 Å². The average Bonchev–Trinajstić information content (AvgIpc) is 3.66. The maximum atomic E-state index is 13.2. The van der Waals surface area contributed by atoms with Crippen molar-refractivity contribution < 1.29 is 19.4 Å². The number of nitrogens with zero attached hydrogens (tertiary/aromatic N) is 6. The number of anilines is 2. The van der Waals surface area contributed by atoms with Crippen LogP contribution in [0.5, 0.6) is 11.5 Å². The fourth-order valence-corrected chi connectivity index (χ4v) is 6.28. The normalized spacial score (nSPS) is 20.5. The van der Waals surface area contributed by atoms with Gasteiger partial charge >= 0.3 is 6.03 Å². The summed E-state index contributed by atoms with van der Waals surface area (Å²) >= 11 is 0. The number of ether oxygens (including phenoxy) is 2. The molecule has 1 aliphatic carbocycles. The first-order valence-electron chi connectivity index (χ1n) is 16.5. The number of pyridine rings is 1. The molecule has 4 heterocycles. The van der Waals surface area contributed by atoms with Gasteiger partial charge in [0, 0.05) is 36.2 Å². The minimum atomic E-state index is -0.267. The Morgan fingerprint density at radius 3 is 2.61 bits per heavy atom. The van der Waals surface area contributed by atoms with E-state index in [4.69, 9.17) is 19.7 Å². The molecule has 3 aromatic heterocycles. The van der Waals surface area contributed by atoms with E-state index in [0.29, 0.717) is 17.6 Å². The lowest BCUT2D eigenvalue weighted by atomic mass is 9.92. The molecule has 2 fully saturated rings. The maximum Gasteiger partial charge on any atom is 0.320 e. The number of urea groups is 1. The minimum Gasteiger partial charge on any atom is -0.491 e. The summed E-state index contributed by atoms with van der Waals surface area (Å²) < 4.78 is 15.8. The number of aromatic nitrogens is 5. The number of aliphatic hydroxyl groups excluding tert-OH is 1. The Balaban J connectivity index is 1.06. The van der Waals surface area contributed by atoms with Gasteiger partial charge in [-0.25, -0.2) is 9.48 Å². The van der Waals surface area contributed by atoms with Crippen molar-refractivity contribution >= 4 is 23.4 Å². The van der Waals surface area contributed by atoms with E-state index in [1.165, 1.54) is 12.8 Å². The molecule has 6 rings (SSSR count). The summed E-state index contributed by atoms with van der Waals surface area (Å²) in [6.07, 6.45) is 8.99. The molecule has 1 saturated carbocycles. The topological polar surface area (TPSA) is 131 Å². The lowest BCUT2D eigenvalue weighted by Crippen LogP contribution is -2.42. The van der Waals surface area contributed by atoms with E-state index >= 15 is 0 Å².